The van der Waals surface area contributed by atoms with Gasteiger partial charge in [0.2, 0.25) is 0 Å². The zero-order valence-electron chi connectivity index (χ0n) is 14.3. The van der Waals surface area contributed by atoms with E-state index in [1.54, 1.807) is 23.0 Å². The Kier molecular flexibility index (Phi) is 3.51. The van der Waals surface area contributed by atoms with Crippen molar-refractivity contribution in [3.8, 4) is 11.3 Å². The lowest BCUT2D eigenvalue weighted by Gasteiger charge is -2.08. The largest absolute Gasteiger partial charge is 0.325 e. The molecule has 1 fully saturated rings. The number of aromatic nitrogens is 5. The maximum absolute atomic E-state index is 14.2. The molecule has 140 valence electrons. The molecule has 7 nitrogen and oxygen atoms in total. The smallest absolute Gasteiger partial charge is 0.313 e. The van der Waals surface area contributed by atoms with Crippen LogP contribution in [0.1, 0.15) is 29.4 Å². The van der Waals surface area contributed by atoms with Gasteiger partial charge in [-0.2, -0.15) is 5.10 Å². The lowest BCUT2D eigenvalue weighted by Crippen LogP contribution is -2.23. The highest BCUT2D eigenvalue weighted by Gasteiger charge is 2.42. The Bertz CT molecular complexity index is 1340. The molecule has 0 saturated heterocycles. The van der Waals surface area contributed by atoms with Crippen molar-refractivity contribution in [3.05, 3.63) is 86.5 Å². The van der Waals surface area contributed by atoms with Crippen molar-refractivity contribution in [2.24, 2.45) is 0 Å². The summed E-state index contributed by atoms with van der Waals surface area (Å²) in [6.45, 7) is 0. The topological polar surface area (TPSA) is 95.9 Å². The van der Waals surface area contributed by atoms with E-state index >= 15 is 0 Å². The monoisotopic (exact) mass is 381 g/mol. The summed E-state index contributed by atoms with van der Waals surface area (Å²) in [7, 11) is 0. The fourth-order valence-corrected chi connectivity index (χ4v) is 3.63. The summed E-state index contributed by atoms with van der Waals surface area (Å²) in [5.74, 6) is -1.32. The van der Waals surface area contributed by atoms with Gasteiger partial charge in [0, 0.05) is 30.2 Å². The molecule has 4 aromatic rings. The van der Waals surface area contributed by atoms with Gasteiger partial charge in [0.25, 0.3) is 5.56 Å². The average Bonchev–Trinajstić information content (AvgIpc) is 3.28. The van der Waals surface area contributed by atoms with E-state index in [2.05, 4.69) is 20.1 Å². The first kappa shape index (κ1) is 16.5. The summed E-state index contributed by atoms with van der Waals surface area (Å²) in [6.07, 6.45) is 5.22. The van der Waals surface area contributed by atoms with E-state index in [0.717, 1.165) is 11.6 Å². The van der Waals surface area contributed by atoms with Crippen LogP contribution in [0.5, 0.6) is 0 Å². The van der Waals surface area contributed by atoms with Gasteiger partial charge in [-0.05, 0) is 36.0 Å². The third-order valence-corrected chi connectivity index (χ3v) is 5.03. The van der Waals surface area contributed by atoms with E-state index in [-0.39, 0.29) is 17.4 Å². The molecule has 3 heterocycles. The quantitative estimate of drug-likeness (QED) is 0.569. The second kappa shape index (κ2) is 5.95. The summed E-state index contributed by atoms with van der Waals surface area (Å²) in [5.41, 5.74) is 1.29. The van der Waals surface area contributed by atoms with Gasteiger partial charge in [-0.1, -0.05) is 6.07 Å². The lowest BCUT2D eigenvalue weighted by atomic mass is 10.0. The van der Waals surface area contributed by atoms with Crippen LogP contribution in [-0.4, -0.2) is 24.6 Å². The molecular formula is C19H13F2N5O2. The number of aromatic amines is 2. The van der Waals surface area contributed by atoms with E-state index in [9.17, 15) is 18.4 Å². The molecule has 5 rings (SSSR count). The van der Waals surface area contributed by atoms with Crippen molar-refractivity contribution in [3.63, 3.8) is 0 Å². The van der Waals surface area contributed by atoms with Crippen LogP contribution in [-0.2, 0) is 0 Å². The van der Waals surface area contributed by atoms with E-state index in [4.69, 9.17) is 0 Å². The number of imidazole rings is 1. The van der Waals surface area contributed by atoms with Crippen molar-refractivity contribution in [1.29, 1.82) is 0 Å². The zero-order chi connectivity index (χ0) is 19.4. The van der Waals surface area contributed by atoms with E-state index < -0.39 is 22.9 Å². The number of halogens is 2. The minimum absolute atomic E-state index is 0.0338. The van der Waals surface area contributed by atoms with Gasteiger partial charge in [-0.25, -0.2) is 23.1 Å². The summed E-state index contributed by atoms with van der Waals surface area (Å²) < 4.78 is 28.9. The van der Waals surface area contributed by atoms with Gasteiger partial charge < -0.3 is 4.98 Å². The number of hydrogen-bond donors (Lipinski definition) is 2. The second-order valence-electron chi connectivity index (χ2n) is 6.78. The Hall–Kier alpha value is -3.62. The third-order valence-electron chi connectivity index (χ3n) is 5.03. The average molecular weight is 381 g/mol. The van der Waals surface area contributed by atoms with Gasteiger partial charge in [0.15, 0.2) is 5.65 Å². The molecule has 0 aliphatic heterocycles. The maximum Gasteiger partial charge on any atom is 0.325 e. The highest BCUT2D eigenvalue weighted by Crippen LogP contribution is 2.56. The third kappa shape index (κ3) is 2.63. The minimum Gasteiger partial charge on any atom is -0.313 e. The highest BCUT2D eigenvalue weighted by molar-refractivity contribution is 5.63. The van der Waals surface area contributed by atoms with Crippen LogP contribution in [0.15, 0.2) is 52.4 Å². The van der Waals surface area contributed by atoms with Gasteiger partial charge in [-0.15, -0.1) is 0 Å². The number of rotatable bonds is 3. The summed E-state index contributed by atoms with van der Waals surface area (Å²) in [4.78, 5) is 32.3. The molecule has 28 heavy (non-hydrogen) atoms. The molecule has 2 atom stereocenters. The number of fused-ring (bicyclic) bond motifs is 1. The maximum atomic E-state index is 14.2. The number of nitrogens with zero attached hydrogens (tertiary/aromatic N) is 3. The summed E-state index contributed by atoms with van der Waals surface area (Å²) in [5, 5.41) is 4.38. The van der Waals surface area contributed by atoms with Crippen LogP contribution < -0.4 is 11.2 Å². The first-order chi connectivity index (χ1) is 13.5. The number of nitrogens with one attached hydrogen (secondary N) is 2. The molecule has 0 spiro atoms. The van der Waals surface area contributed by atoms with Gasteiger partial charge in [0.1, 0.15) is 11.6 Å². The molecule has 9 heteroatoms. The molecular weight excluding hydrogens is 368 g/mol. The Morgan fingerprint density at radius 1 is 1.11 bits per heavy atom. The fourth-order valence-electron chi connectivity index (χ4n) is 3.63. The van der Waals surface area contributed by atoms with Gasteiger partial charge in [0.05, 0.1) is 11.3 Å². The predicted octanol–water partition coefficient (Wildman–Crippen LogP) is 2.32. The van der Waals surface area contributed by atoms with Crippen LogP contribution >= 0.6 is 0 Å². The molecule has 3 aromatic heterocycles. The van der Waals surface area contributed by atoms with E-state index in [1.807, 2.05) is 0 Å². The second-order valence-corrected chi connectivity index (χ2v) is 6.78. The van der Waals surface area contributed by atoms with Crippen molar-refractivity contribution < 1.29 is 8.78 Å². The van der Waals surface area contributed by atoms with E-state index in [1.165, 1.54) is 18.3 Å². The van der Waals surface area contributed by atoms with Crippen molar-refractivity contribution in [2.45, 2.75) is 18.3 Å². The first-order valence-corrected chi connectivity index (χ1v) is 8.63. The molecule has 1 aliphatic rings. The lowest BCUT2D eigenvalue weighted by molar-refractivity contribution is 0.572. The predicted molar refractivity (Wildman–Crippen MR) is 96.1 cm³/mol. The summed E-state index contributed by atoms with van der Waals surface area (Å²) in [6, 6.07) is 5.33. The van der Waals surface area contributed by atoms with E-state index in [0.29, 0.717) is 23.3 Å². The van der Waals surface area contributed by atoms with Crippen LogP contribution in [0.2, 0.25) is 0 Å². The molecule has 0 amide bonds. The Morgan fingerprint density at radius 3 is 2.71 bits per heavy atom. The number of hydrogen-bond acceptors (Lipinski definition) is 4. The Balaban J connectivity index is 1.61. The van der Waals surface area contributed by atoms with Crippen LogP contribution in [0.3, 0.4) is 0 Å². The van der Waals surface area contributed by atoms with Crippen LogP contribution in [0.4, 0.5) is 8.78 Å². The SMILES string of the molecule is O=c1[nH]cc(-c2cc(C3CC3c3ccc(F)cc3F)c3nccn3n2)c(=O)[nH]1. The molecule has 1 saturated carbocycles. The normalized spacial score (nSPS) is 18.5. The summed E-state index contributed by atoms with van der Waals surface area (Å²) >= 11 is 0. The molecule has 0 radical (unpaired) electrons. The Morgan fingerprint density at radius 2 is 1.93 bits per heavy atom. The minimum atomic E-state index is -0.613. The zero-order valence-corrected chi connectivity index (χ0v) is 14.3. The van der Waals surface area contributed by atoms with Gasteiger partial charge in [-0.3, -0.25) is 9.78 Å². The molecule has 1 aliphatic carbocycles. The van der Waals surface area contributed by atoms with Crippen LogP contribution in [0.25, 0.3) is 16.9 Å². The number of benzene rings is 1. The number of H-pyrrole nitrogens is 2. The molecule has 1 aromatic carbocycles. The van der Waals surface area contributed by atoms with Crippen molar-refractivity contribution in [2.75, 3.05) is 0 Å². The standard InChI is InChI=1S/C19H13F2N5O2/c20-9-1-2-10(15(21)5-9)11-6-12(11)13-7-16(25-26-4-3-22-17(13)26)14-8-23-19(28)24-18(14)27/h1-5,7-8,11-12H,6H2,(H2,23,24,27,28). The molecule has 2 N–H and O–H groups in total. The first-order valence-electron chi connectivity index (χ1n) is 8.63. The Labute approximate surface area is 155 Å². The molecule has 0 bridgehead atoms. The highest BCUT2D eigenvalue weighted by atomic mass is 19.1. The molecule has 2 unspecified atom stereocenters. The van der Waals surface area contributed by atoms with Crippen molar-refractivity contribution in [1.82, 2.24) is 24.6 Å². The fraction of sp³-hybridized carbons (Fsp3) is 0.158. The van der Waals surface area contributed by atoms with Gasteiger partial charge >= 0.3 is 5.69 Å². The van der Waals surface area contributed by atoms with Crippen LogP contribution in [0, 0.1) is 11.6 Å². The van der Waals surface area contributed by atoms with Crippen molar-refractivity contribution >= 4 is 5.65 Å².